The van der Waals surface area contributed by atoms with Gasteiger partial charge in [-0.1, -0.05) is 40.2 Å². The Labute approximate surface area is 144 Å². The molecule has 1 aromatic rings. The summed E-state index contributed by atoms with van der Waals surface area (Å²) in [5, 5.41) is 0. The molecule has 0 bridgehead atoms. The van der Waals surface area contributed by atoms with E-state index < -0.39 is 0 Å². The second kappa shape index (κ2) is 13.2. The predicted octanol–water partition coefficient (Wildman–Crippen LogP) is 5.03. The lowest BCUT2D eigenvalue weighted by molar-refractivity contribution is 0.335. The highest BCUT2D eigenvalue weighted by atomic mass is 16.5. The van der Waals surface area contributed by atoms with Gasteiger partial charge in [-0.25, -0.2) is 0 Å². The van der Waals surface area contributed by atoms with Crippen molar-refractivity contribution in [3.8, 4) is 11.5 Å². The molecule has 0 aliphatic carbocycles. The van der Waals surface area contributed by atoms with Crippen LogP contribution in [0.3, 0.4) is 0 Å². The molecule has 3 nitrogen and oxygen atoms in total. The maximum Gasteiger partial charge on any atom is 0.160 e. The van der Waals surface area contributed by atoms with Gasteiger partial charge >= 0.3 is 0 Å². The molecule has 0 saturated carbocycles. The summed E-state index contributed by atoms with van der Waals surface area (Å²) in [7, 11) is 5.50. The van der Waals surface area contributed by atoms with Crippen LogP contribution in [0, 0.1) is 5.92 Å². The van der Waals surface area contributed by atoms with Crippen molar-refractivity contribution in [3.05, 3.63) is 23.8 Å². The fourth-order valence-electron chi connectivity index (χ4n) is 2.43. The molecule has 0 aromatic heterocycles. The van der Waals surface area contributed by atoms with Crippen LogP contribution >= 0.6 is 0 Å². The Morgan fingerprint density at radius 1 is 0.957 bits per heavy atom. The molecule has 1 unspecified atom stereocenters. The minimum absolute atomic E-state index is 0.711. The third-order valence-corrected chi connectivity index (χ3v) is 3.94. The van der Waals surface area contributed by atoms with Crippen LogP contribution in [-0.2, 0) is 6.42 Å². The molecular weight excluding hydrogens is 286 g/mol. The Bertz CT molecular complexity index is 401. The zero-order chi connectivity index (χ0) is 17.7. The van der Waals surface area contributed by atoms with Crippen molar-refractivity contribution in [2.75, 3.05) is 34.4 Å². The van der Waals surface area contributed by atoms with Gasteiger partial charge in [0.2, 0.25) is 0 Å². The lowest BCUT2D eigenvalue weighted by Gasteiger charge is -2.12. The molecule has 0 aliphatic rings. The number of benzene rings is 1. The number of hydrogen-bond donors (Lipinski definition) is 0. The molecule has 0 spiro atoms. The van der Waals surface area contributed by atoms with Gasteiger partial charge in [0.05, 0.1) is 14.2 Å². The summed E-state index contributed by atoms with van der Waals surface area (Å²) in [4.78, 5) is 2.36. The van der Waals surface area contributed by atoms with Gasteiger partial charge in [-0.2, -0.15) is 0 Å². The Balaban J connectivity index is 0.000000515. The quantitative estimate of drug-likeness (QED) is 0.636. The molecule has 134 valence electrons. The standard InChI is InChI=1S/C13H20O2.C7H17N/c1-5-10(2)8-11-6-7-12(14-3)13(9-11)15-4;1-4-6-8(3)7-5-2/h6-7,9-10H,5,8H2,1-4H3;4-7H2,1-3H3. The van der Waals surface area contributed by atoms with Crippen LogP contribution in [0.4, 0.5) is 0 Å². The zero-order valence-electron chi connectivity index (χ0n) is 16.3. The number of hydrogen-bond acceptors (Lipinski definition) is 3. The highest BCUT2D eigenvalue weighted by Gasteiger charge is 2.06. The van der Waals surface area contributed by atoms with Crippen molar-refractivity contribution in [2.24, 2.45) is 5.92 Å². The van der Waals surface area contributed by atoms with E-state index >= 15 is 0 Å². The third-order valence-electron chi connectivity index (χ3n) is 3.94. The fourth-order valence-corrected chi connectivity index (χ4v) is 2.43. The SMILES string of the molecule is CCC(C)Cc1ccc(OC)c(OC)c1.CCCN(C)CCC. The van der Waals surface area contributed by atoms with Crippen molar-refractivity contribution >= 4 is 0 Å². The van der Waals surface area contributed by atoms with E-state index in [1.165, 1.54) is 37.9 Å². The summed E-state index contributed by atoms with van der Waals surface area (Å²) in [6, 6.07) is 6.13. The number of methoxy groups -OCH3 is 2. The van der Waals surface area contributed by atoms with Gasteiger partial charge in [-0.3, -0.25) is 0 Å². The second-order valence-corrected chi connectivity index (χ2v) is 6.21. The monoisotopic (exact) mass is 323 g/mol. The van der Waals surface area contributed by atoms with Crippen LogP contribution in [0.15, 0.2) is 18.2 Å². The Hall–Kier alpha value is -1.22. The van der Waals surface area contributed by atoms with Gasteiger partial charge in [-0.05, 0) is 63.0 Å². The zero-order valence-corrected chi connectivity index (χ0v) is 16.3. The summed E-state index contributed by atoms with van der Waals surface area (Å²) < 4.78 is 10.5. The molecule has 0 radical (unpaired) electrons. The highest BCUT2D eigenvalue weighted by Crippen LogP contribution is 2.28. The molecular formula is C20H37NO2. The minimum Gasteiger partial charge on any atom is -0.493 e. The summed E-state index contributed by atoms with van der Waals surface area (Å²) in [5.41, 5.74) is 1.31. The molecule has 0 fully saturated rings. The summed E-state index contributed by atoms with van der Waals surface area (Å²) in [6.45, 7) is 11.4. The Morgan fingerprint density at radius 2 is 1.52 bits per heavy atom. The molecule has 0 aliphatic heterocycles. The van der Waals surface area contributed by atoms with Crippen molar-refractivity contribution in [1.29, 1.82) is 0 Å². The maximum atomic E-state index is 5.27. The first-order valence-electron chi connectivity index (χ1n) is 8.91. The van der Waals surface area contributed by atoms with Crippen molar-refractivity contribution < 1.29 is 9.47 Å². The predicted molar refractivity (Wildman–Crippen MR) is 101 cm³/mol. The first-order valence-corrected chi connectivity index (χ1v) is 8.91. The molecule has 1 rings (SSSR count). The van der Waals surface area contributed by atoms with Crippen molar-refractivity contribution in [3.63, 3.8) is 0 Å². The molecule has 23 heavy (non-hydrogen) atoms. The van der Waals surface area contributed by atoms with Crippen LogP contribution in [-0.4, -0.2) is 39.3 Å². The number of ether oxygens (including phenoxy) is 2. The van der Waals surface area contributed by atoms with Crippen molar-refractivity contribution in [2.45, 2.75) is 53.4 Å². The van der Waals surface area contributed by atoms with Crippen LogP contribution in [0.5, 0.6) is 11.5 Å². The van der Waals surface area contributed by atoms with Crippen LogP contribution in [0.2, 0.25) is 0 Å². The number of rotatable bonds is 9. The first kappa shape index (κ1) is 21.8. The molecule has 0 heterocycles. The highest BCUT2D eigenvalue weighted by molar-refractivity contribution is 5.42. The largest absolute Gasteiger partial charge is 0.493 e. The lowest BCUT2D eigenvalue weighted by Crippen LogP contribution is -2.19. The normalized spacial score (nSPS) is 11.7. The Morgan fingerprint density at radius 3 is 1.96 bits per heavy atom. The van der Waals surface area contributed by atoms with Gasteiger partial charge < -0.3 is 14.4 Å². The van der Waals surface area contributed by atoms with E-state index in [0.717, 1.165) is 17.9 Å². The molecule has 0 N–H and O–H groups in total. The van der Waals surface area contributed by atoms with Gasteiger partial charge in [0.1, 0.15) is 0 Å². The van der Waals surface area contributed by atoms with E-state index in [0.29, 0.717) is 5.92 Å². The third kappa shape index (κ3) is 9.50. The lowest BCUT2D eigenvalue weighted by atomic mass is 9.99. The molecule has 3 heteroatoms. The average molecular weight is 324 g/mol. The minimum atomic E-state index is 0.711. The van der Waals surface area contributed by atoms with Crippen LogP contribution in [0.25, 0.3) is 0 Å². The first-order chi connectivity index (χ1) is 11.0. The topological polar surface area (TPSA) is 21.7 Å². The van der Waals surface area contributed by atoms with Crippen LogP contribution in [0.1, 0.15) is 52.5 Å². The van der Waals surface area contributed by atoms with E-state index in [4.69, 9.17) is 9.47 Å². The van der Waals surface area contributed by atoms with E-state index in [9.17, 15) is 0 Å². The Kier molecular flexibility index (Phi) is 12.5. The van der Waals surface area contributed by atoms with Gasteiger partial charge in [0.15, 0.2) is 11.5 Å². The maximum absolute atomic E-state index is 5.27. The second-order valence-electron chi connectivity index (χ2n) is 6.21. The summed E-state index contributed by atoms with van der Waals surface area (Å²) in [5.74, 6) is 2.33. The van der Waals surface area contributed by atoms with Crippen molar-refractivity contribution in [1.82, 2.24) is 4.90 Å². The summed E-state index contributed by atoms with van der Waals surface area (Å²) in [6.07, 6.45) is 4.85. The fraction of sp³-hybridized carbons (Fsp3) is 0.700. The average Bonchev–Trinajstić information content (AvgIpc) is 2.55. The molecule has 0 amide bonds. The van der Waals surface area contributed by atoms with Crippen LogP contribution < -0.4 is 9.47 Å². The van der Waals surface area contributed by atoms with Gasteiger partial charge in [-0.15, -0.1) is 0 Å². The van der Waals surface area contributed by atoms with E-state index in [1.807, 2.05) is 6.07 Å². The van der Waals surface area contributed by atoms with E-state index in [1.54, 1.807) is 14.2 Å². The van der Waals surface area contributed by atoms with E-state index in [-0.39, 0.29) is 0 Å². The smallest absolute Gasteiger partial charge is 0.160 e. The molecule has 1 aromatic carbocycles. The van der Waals surface area contributed by atoms with Gasteiger partial charge in [0.25, 0.3) is 0 Å². The molecule has 1 atom stereocenters. The molecule has 0 saturated heterocycles. The number of nitrogens with zero attached hydrogens (tertiary/aromatic N) is 1. The van der Waals surface area contributed by atoms with E-state index in [2.05, 4.69) is 51.8 Å². The van der Waals surface area contributed by atoms with Gasteiger partial charge in [0, 0.05) is 0 Å². The summed E-state index contributed by atoms with van der Waals surface area (Å²) >= 11 is 0.